The molecule has 5 heteroatoms. The first-order valence-corrected chi connectivity index (χ1v) is 8.02. The summed E-state index contributed by atoms with van der Waals surface area (Å²) in [6, 6.07) is 15.5. The molecule has 4 rings (SSSR count). The topological polar surface area (TPSA) is 49.7 Å². The molecular formula is C21H13F2NO2. The highest BCUT2D eigenvalue weighted by atomic mass is 19.1. The van der Waals surface area contributed by atoms with Gasteiger partial charge < -0.3 is 5.11 Å². The fraction of sp³-hybridized carbons (Fsp3) is 0.0476. The number of carboxylic acids is 1. The number of benzene rings is 3. The molecule has 0 unspecified atom stereocenters. The van der Waals surface area contributed by atoms with Gasteiger partial charge in [-0.05, 0) is 41.5 Å². The standard InChI is InChI=1S/C21H13F2NO2/c22-17-6-2-1-4-13(17)12-8-9-15(18(23)10-12)20-11-16-14(21(25)26)5-3-7-19(16)24-20/h1-10H,11H2,(H,25,26). The van der Waals surface area contributed by atoms with Crippen LogP contribution in [0.3, 0.4) is 0 Å². The van der Waals surface area contributed by atoms with Crippen molar-refractivity contribution in [1.29, 1.82) is 0 Å². The number of rotatable bonds is 3. The minimum atomic E-state index is -1.03. The van der Waals surface area contributed by atoms with Crippen LogP contribution in [0, 0.1) is 11.6 Å². The minimum Gasteiger partial charge on any atom is -0.478 e. The Kier molecular flexibility index (Phi) is 3.84. The first-order chi connectivity index (χ1) is 12.5. The van der Waals surface area contributed by atoms with E-state index >= 15 is 0 Å². The van der Waals surface area contributed by atoms with Gasteiger partial charge in [0.25, 0.3) is 0 Å². The quantitative estimate of drug-likeness (QED) is 0.723. The number of aromatic carboxylic acids is 1. The summed E-state index contributed by atoms with van der Waals surface area (Å²) in [6.07, 6.45) is 0.244. The van der Waals surface area contributed by atoms with Crippen molar-refractivity contribution in [2.45, 2.75) is 6.42 Å². The highest BCUT2D eigenvalue weighted by Gasteiger charge is 2.23. The number of halogens is 2. The van der Waals surface area contributed by atoms with Crippen LogP contribution in [-0.2, 0) is 6.42 Å². The zero-order valence-electron chi connectivity index (χ0n) is 13.5. The van der Waals surface area contributed by atoms with Crippen LogP contribution >= 0.6 is 0 Å². The predicted octanol–water partition coefficient (Wildman–Crippen LogP) is 5.01. The second-order valence-electron chi connectivity index (χ2n) is 6.02. The number of nitrogens with zero attached hydrogens (tertiary/aromatic N) is 1. The highest BCUT2D eigenvalue weighted by molar-refractivity contribution is 6.09. The number of aliphatic imine (C=N–C) groups is 1. The van der Waals surface area contributed by atoms with E-state index in [0.717, 1.165) is 0 Å². The third-order valence-electron chi connectivity index (χ3n) is 4.45. The van der Waals surface area contributed by atoms with E-state index in [-0.39, 0.29) is 17.5 Å². The van der Waals surface area contributed by atoms with Gasteiger partial charge in [0.2, 0.25) is 0 Å². The van der Waals surface area contributed by atoms with Crippen molar-refractivity contribution in [1.82, 2.24) is 0 Å². The second-order valence-corrected chi connectivity index (χ2v) is 6.02. The van der Waals surface area contributed by atoms with E-state index in [2.05, 4.69) is 4.99 Å². The Morgan fingerprint density at radius 1 is 0.923 bits per heavy atom. The van der Waals surface area contributed by atoms with E-state index < -0.39 is 17.6 Å². The van der Waals surface area contributed by atoms with Crippen LogP contribution < -0.4 is 0 Å². The molecule has 3 aromatic carbocycles. The summed E-state index contributed by atoms with van der Waals surface area (Å²) in [5.41, 5.74) is 2.80. The van der Waals surface area contributed by atoms with Gasteiger partial charge in [0.05, 0.1) is 17.0 Å². The van der Waals surface area contributed by atoms with Crippen molar-refractivity contribution < 1.29 is 18.7 Å². The number of fused-ring (bicyclic) bond motifs is 1. The van der Waals surface area contributed by atoms with Gasteiger partial charge in [-0.25, -0.2) is 13.6 Å². The van der Waals surface area contributed by atoms with Gasteiger partial charge in [-0.1, -0.05) is 30.3 Å². The van der Waals surface area contributed by atoms with Crippen molar-refractivity contribution in [2.24, 2.45) is 4.99 Å². The lowest BCUT2D eigenvalue weighted by molar-refractivity contribution is 0.0696. The Balaban J connectivity index is 1.71. The highest BCUT2D eigenvalue weighted by Crippen LogP contribution is 2.33. The molecule has 0 spiro atoms. The van der Waals surface area contributed by atoms with E-state index in [1.807, 2.05) is 0 Å². The summed E-state index contributed by atoms with van der Waals surface area (Å²) in [5.74, 6) is -1.97. The number of carbonyl (C=O) groups is 1. The first-order valence-electron chi connectivity index (χ1n) is 8.02. The molecule has 0 aromatic heterocycles. The largest absolute Gasteiger partial charge is 0.478 e. The zero-order valence-corrected chi connectivity index (χ0v) is 13.5. The average molecular weight is 349 g/mol. The van der Waals surface area contributed by atoms with Gasteiger partial charge in [0, 0.05) is 17.5 Å². The molecule has 0 aliphatic carbocycles. The van der Waals surface area contributed by atoms with Crippen LogP contribution in [0.15, 0.2) is 65.7 Å². The summed E-state index contributed by atoms with van der Waals surface area (Å²) < 4.78 is 28.6. The van der Waals surface area contributed by atoms with Crippen LogP contribution in [0.2, 0.25) is 0 Å². The van der Waals surface area contributed by atoms with Crippen molar-refractivity contribution in [2.75, 3.05) is 0 Å². The second kappa shape index (κ2) is 6.19. The van der Waals surface area contributed by atoms with Crippen LogP contribution in [0.5, 0.6) is 0 Å². The number of hydrogen-bond donors (Lipinski definition) is 1. The molecule has 0 atom stereocenters. The predicted molar refractivity (Wildman–Crippen MR) is 95.1 cm³/mol. The van der Waals surface area contributed by atoms with Crippen LogP contribution in [0.1, 0.15) is 21.5 Å². The first kappa shape index (κ1) is 16.1. The Morgan fingerprint density at radius 3 is 2.46 bits per heavy atom. The molecule has 1 N–H and O–H groups in total. The van der Waals surface area contributed by atoms with E-state index in [1.54, 1.807) is 42.5 Å². The fourth-order valence-corrected chi connectivity index (χ4v) is 3.19. The number of hydrogen-bond acceptors (Lipinski definition) is 2. The molecule has 1 aliphatic heterocycles. The van der Waals surface area contributed by atoms with E-state index in [9.17, 15) is 18.7 Å². The molecule has 0 saturated carbocycles. The normalized spacial score (nSPS) is 12.6. The van der Waals surface area contributed by atoms with Crippen molar-refractivity contribution in [3.63, 3.8) is 0 Å². The average Bonchev–Trinajstić information content (AvgIpc) is 3.05. The Labute approximate surface area is 148 Å². The van der Waals surface area contributed by atoms with Crippen LogP contribution in [0.4, 0.5) is 14.5 Å². The molecule has 3 aromatic rings. The number of carboxylic acid groups (broad SMARTS) is 1. The van der Waals surface area contributed by atoms with Crippen molar-refractivity contribution in [3.05, 3.63) is 89.0 Å². The zero-order chi connectivity index (χ0) is 18.3. The van der Waals surface area contributed by atoms with Crippen molar-refractivity contribution >= 4 is 17.4 Å². The molecule has 0 amide bonds. The molecule has 0 fully saturated rings. The van der Waals surface area contributed by atoms with Crippen LogP contribution in [0.25, 0.3) is 11.1 Å². The Morgan fingerprint density at radius 2 is 1.73 bits per heavy atom. The lowest BCUT2D eigenvalue weighted by Gasteiger charge is -2.08. The van der Waals surface area contributed by atoms with Gasteiger partial charge >= 0.3 is 5.97 Å². The molecule has 128 valence electrons. The van der Waals surface area contributed by atoms with Crippen LogP contribution in [-0.4, -0.2) is 16.8 Å². The molecule has 0 radical (unpaired) electrons. The SMILES string of the molecule is O=C(O)c1cccc2c1CC(c1ccc(-c3ccccc3F)cc1F)=N2. The molecular weight excluding hydrogens is 336 g/mol. The Bertz CT molecular complexity index is 1070. The smallest absolute Gasteiger partial charge is 0.336 e. The maximum atomic E-state index is 14.7. The lowest BCUT2D eigenvalue weighted by atomic mass is 9.97. The summed E-state index contributed by atoms with van der Waals surface area (Å²) in [7, 11) is 0. The van der Waals surface area contributed by atoms with Crippen molar-refractivity contribution in [3.8, 4) is 11.1 Å². The summed E-state index contributed by atoms with van der Waals surface area (Å²) in [4.78, 5) is 15.7. The Hall–Kier alpha value is -3.34. The summed E-state index contributed by atoms with van der Waals surface area (Å²) >= 11 is 0. The molecule has 26 heavy (non-hydrogen) atoms. The third-order valence-corrected chi connectivity index (χ3v) is 4.45. The van der Waals surface area contributed by atoms with E-state index in [4.69, 9.17) is 0 Å². The van der Waals surface area contributed by atoms with E-state index in [1.165, 1.54) is 18.2 Å². The fourth-order valence-electron chi connectivity index (χ4n) is 3.19. The maximum absolute atomic E-state index is 14.7. The summed E-state index contributed by atoms with van der Waals surface area (Å²) in [5, 5.41) is 9.29. The molecule has 1 aliphatic rings. The molecule has 3 nitrogen and oxygen atoms in total. The minimum absolute atomic E-state index is 0.171. The molecule has 0 saturated heterocycles. The maximum Gasteiger partial charge on any atom is 0.336 e. The van der Waals surface area contributed by atoms with E-state index in [0.29, 0.717) is 28.1 Å². The monoisotopic (exact) mass is 349 g/mol. The van der Waals surface area contributed by atoms with Gasteiger partial charge in [-0.3, -0.25) is 4.99 Å². The van der Waals surface area contributed by atoms with Gasteiger partial charge in [-0.2, -0.15) is 0 Å². The van der Waals surface area contributed by atoms with Gasteiger partial charge in [-0.15, -0.1) is 0 Å². The van der Waals surface area contributed by atoms with Gasteiger partial charge in [0.1, 0.15) is 11.6 Å². The summed E-state index contributed by atoms with van der Waals surface area (Å²) in [6.45, 7) is 0. The molecule has 0 bridgehead atoms. The third kappa shape index (κ3) is 2.67. The van der Waals surface area contributed by atoms with Gasteiger partial charge in [0.15, 0.2) is 0 Å². The molecule has 1 heterocycles. The lowest BCUT2D eigenvalue weighted by Crippen LogP contribution is -2.07.